The Hall–Kier alpha value is -1.86. The number of hydrogen-bond acceptors (Lipinski definition) is 6. The predicted molar refractivity (Wildman–Crippen MR) is 64.9 cm³/mol. The number of hydrogen-bond donors (Lipinski definition) is 3. The molecule has 0 aliphatic rings. The molecule has 5 N–H and O–H groups in total. The van der Waals surface area contributed by atoms with Crippen LogP contribution < -0.4 is 15.7 Å². The van der Waals surface area contributed by atoms with Gasteiger partial charge in [-0.25, -0.2) is 4.79 Å². The van der Waals surface area contributed by atoms with E-state index in [1.165, 1.54) is 25.6 Å². The van der Waals surface area contributed by atoms with Crippen molar-refractivity contribution in [3.63, 3.8) is 0 Å². The van der Waals surface area contributed by atoms with Crippen molar-refractivity contribution in [3.05, 3.63) is 22.5 Å². The minimum Gasteiger partial charge on any atom is -0.496 e. The minimum absolute atomic E-state index is 0. The molecule has 0 spiro atoms. The molecule has 1 aromatic heterocycles. The maximum Gasteiger partial charge on any atom is 0.341 e. The first-order valence-corrected chi connectivity index (χ1v) is 5.31. The lowest BCUT2D eigenvalue weighted by Crippen LogP contribution is -2.03. The van der Waals surface area contributed by atoms with Crippen molar-refractivity contribution in [1.29, 1.82) is 5.41 Å². The Labute approximate surface area is 101 Å². The molecule has 1 aromatic carbocycles. The molecule has 6 nitrogen and oxygen atoms in total. The number of benzene rings is 1. The molecule has 17 heavy (non-hydrogen) atoms. The van der Waals surface area contributed by atoms with E-state index in [0.29, 0.717) is 16.1 Å². The molecular formula is C10H13N3O3S. The van der Waals surface area contributed by atoms with Crippen LogP contribution in [0.15, 0.2) is 12.1 Å². The zero-order valence-corrected chi connectivity index (χ0v) is 10.3. The topological polar surface area (TPSA) is 110 Å². The Balaban J connectivity index is 0.00000144. The van der Waals surface area contributed by atoms with Crippen LogP contribution in [0.2, 0.25) is 0 Å². The Morgan fingerprint density at radius 3 is 2.71 bits per heavy atom. The van der Waals surface area contributed by atoms with Gasteiger partial charge in [0.25, 0.3) is 0 Å². The van der Waals surface area contributed by atoms with Crippen LogP contribution >= 0.6 is 11.3 Å². The number of H-pyrrole nitrogens is 1. The summed E-state index contributed by atoms with van der Waals surface area (Å²) in [5.74, 6) is -0.00733. The van der Waals surface area contributed by atoms with Crippen molar-refractivity contribution < 1.29 is 14.3 Å². The minimum atomic E-state index is -0.446. The molecule has 0 atom stereocenters. The Morgan fingerprint density at radius 2 is 2.12 bits per heavy atom. The van der Waals surface area contributed by atoms with Crippen molar-refractivity contribution in [3.8, 4) is 5.75 Å². The summed E-state index contributed by atoms with van der Waals surface area (Å²) in [5.41, 5.74) is 1.15. The first kappa shape index (κ1) is 13.2. The molecule has 0 fully saturated rings. The summed E-state index contributed by atoms with van der Waals surface area (Å²) in [6.45, 7) is 0. The van der Waals surface area contributed by atoms with E-state index in [1.54, 1.807) is 12.1 Å². The number of rotatable bonds is 2. The highest BCUT2D eigenvalue weighted by molar-refractivity contribution is 7.16. The Morgan fingerprint density at radius 1 is 1.41 bits per heavy atom. The van der Waals surface area contributed by atoms with Crippen molar-refractivity contribution in [2.75, 3.05) is 14.2 Å². The van der Waals surface area contributed by atoms with E-state index in [0.717, 1.165) is 10.2 Å². The lowest BCUT2D eigenvalue weighted by Gasteiger charge is -2.06. The average Bonchev–Trinajstić information content (AvgIpc) is 2.65. The van der Waals surface area contributed by atoms with E-state index in [9.17, 15) is 4.79 Å². The Kier molecular flexibility index (Phi) is 3.87. The van der Waals surface area contributed by atoms with Gasteiger partial charge in [0.05, 0.1) is 24.4 Å². The maximum atomic E-state index is 11.5. The second-order valence-corrected chi connectivity index (χ2v) is 4.15. The highest BCUT2D eigenvalue weighted by Crippen LogP contribution is 2.26. The molecule has 0 bridgehead atoms. The number of aromatic amines is 1. The number of fused-ring (bicyclic) bond motifs is 1. The van der Waals surface area contributed by atoms with Gasteiger partial charge < -0.3 is 20.6 Å². The average molecular weight is 255 g/mol. The molecule has 0 saturated carbocycles. The number of esters is 1. The molecule has 0 amide bonds. The number of carbonyl (C=O) groups excluding carboxylic acids is 1. The summed E-state index contributed by atoms with van der Waals surface area (Å²) in [6, 6.07) is 3.36. The van der Waals surface area contributed by atoms with Crippen LogP contribution in [0, 0.1) is 5.41 Å². The van der Waals surface area contributed by atoms with Gasteiger partial charge in [0.15, 0.2) is 4.80 Å². The van der Waals surface area contributed by atoms with Crippen LogP contribution in [0.25, 0.3) is 10.2 Å². The third kappa shape index (κ3) is 2.29. The molecule has 0 aliphatic carbocycles. The quantitative estimate of drug-likeness (QED) is 0.709. The summed E-state index contributed by atoms with van der Waals surface area (Å²) in [7, 11) is 2.81. The van der Waals surface area contributed by atoms with Crippen molar-refractivity contribution in [2.45, 2.75) is 0 Å². The van der Waals surface area contributed by atoms with E-state index in [4.69, 9.17) is 10.1 Å². The van der Waals surface area contributed by atoms with Gasteiger partial charge in [0, 0.05) is 6.07 Å². The standard InChI is InChI=1S/C10H10N2O3S.H3N/c1-14-7-4-6-8(16-10(11)12-6)3-5(7)9(13)15-2;/h3-4H,1-2H3,(H2,11,12);1H3. The summed E-state index contributed by atoms with van der Waals surface area (Å²) in [6.07, 6.45) is 0. The zero-order chi connectivity index (χ0) is 11.7. The van der Waals surface area contributed by atoms with E-state index in [-0.39, 0.29) is 6.15 Å². The molecule has 92 valence electrons. The van der Waals surface area contributed by atoms with Crippen LogP contribution in [-0.2, 0) is 4.74 Å². The Bertz CT molecular complexity index is 602. The normalized spacial score (nSPS) is 9.76. The molecule has 0 unspecified atom stereocenters. The van der Waals surface area contributed by atoms with Crippen LogP contribution in [0.5, 0.6) is 5.75 Å². The monoisotopic (exact) mass is 255 g/mol. The molecule has 2 rings (SSSR count). The van der Waals surface area contributed by atoms with E-state index in [1.807, 2.05) is 0 Å². The smallest absolute Gasteiger partial charge is 0.341 e. The van der Waals surface area contributed by atoms with Gasteiger partial charge in [-0.3, -0.25) is 5.41 Å². The number of thiazole rings is 1. The number of nitrogens with one attached hydrogen (secondary N) is 2. The molecule has 1 heterocycles. The fraction of sp³-hybridized carbons (Fsp3) is 0.200. The van der Waals surface area contributed by atoms with Crippen LogP contribution in [0.1, 0.15) is 10.4 Å². The number of aromatic nitrogens is 1. The van der Waals surface area contributed by atoms with Crippen molar-refractivity contribution >= 4 is 27.5 Å². The van der Waals surface area contributed by atoms with Gasteiger partial charge in [-0.15, -0.1) is 0 Å². The lowest BCUT2D eigenvalue weighted by atomic mass is 10.2. The summed E-state index contributed by atoms with van der Waals surface area (Å²) < 4.78 is 10.6. The number of methoxy groups -OCH3 is 2. The fourth-order valence-corrected chi connectivity index (χ4v) is 2.22. The zero-order valence-electron chi connectivity index (χ0n) is 9.49. The molecule has 0 aliphatic heterocycles. The van der Waals surface area contributed by atoms with Gasteiger partial charge in [0.2, 0.25) is 0 Å². The SMILES string of the molecule is COC(=O)c1cc2sc(=N)[nH]c2cc1OC.N. The first-order valence-electron chi connectivity index (χ1n) is 4.49. The van der Waals surface area contributed by atoms with Crippen LogP contribution in [0.3, 0.4) is 0 Å². The fourth-order valence-electron chi connectivity index (χ4n) is 1.44. The van der Waals surface area contributed by atoms with Crippen molar-refractivity contribution in [1.82, 2.24) is 11.1 Å². The summed E-state index contributed by atoms with van der Waals surface area (Å²) >= 11 is 1.26. The van der Waals surface area contributed by atoms with E-state index < -0.39 is 5.97 Å². The molecule has 0 saturated heterocycles. The van der Waals surface area contributed by atoms with Gasteiger partial charge in [-0.05, 0) is 6.07 Å². The van der Waals surface area contributed by atoms with Gasteiger partial charge in [0.1, 0.15) is 11.3 Å². The molecule has 0 radical (unpaired) electrons. The highest BCUT2D eigenvalue weighted by Gasteiger charge is 2.14. The first-order chi connectivity index (χ1) is 7.65. The largest absolute Gasteiger partial charge is 0.496 e. The second kappa shape index (κ2) is 4.98. The third-order valence-electron chi connectivity index (χ3n) is 2.17. The van der Waals surface area contributed by atoms with Crippen LogP contribution in [-0.4, -0.2) is 25.2 Å². The van der Waals surface area contributed by atoms with Gasteiger partial charge >= 0.3 is 5.97 Å². The van der Waals surface area contributed by atoms with E-state index in [2.05, 4.69) is 9.72 Å². The molecule has 2 aromatic rings. The maximum absolute atomic E-state index is 11.5. The lowest BCUT2D eigenvalue weighted by molar-refractivity contribution is 0.0597. The highest BCUT2D eigenvalue weighted by atomic mass is 32.1. The van der Waals surface area contributed by atoms with Gasteiger partial charge in [-0.2, -0.15) is 0 Å². The summed E-state index contributed by atoms with van der Waals surface area (Å²) in [4.78, 5) is 14.7. The number of ether oxygens (including phenoxy) is 2. The second-order valence-electron chi connectivity index (χ2n) is 3.10. The molecule has 7 heteroatoms. The van der Waals surface area contributed by atoms with E-state index >= 15 is 0 Å². The third-order valence-corrected chi connectivity index (χ3v) is 3.03. The predicted octanol–water partition coefficient (Wildman–Crippen LogP) is 1.67. The number of carbonyl (C=O) groups is 1. The summed E-state index contributed by atoms with van der Waals surface area (Å²) in [5, 5.41) is 7.48. The van der Waals surface area contributed by atoms with Gasteiger partial charge in [-0.1, -0.05) is 11.3 Å². The van der Waals surface area contributed by atoms with Crippen molar-refractivity contribution in [2.24, 2.45) is 0 Å². The molecular weight excluding hydrogens is 242 g/mol. The van der Waals surface area contributed by atoms with Crippen LogP contribution in [0.4, 0.5) is 0 Å².